The highest BCUT2D eigenvalue weighted by Crippen LogP contribution is 2.44. The molecule has 2 aliphatic rings. The highest BCUT2D eigenvalue weighted by Gasteiger charge is 2.28. The van der Waals surface area contributed by atoms with Gasteiger partial charge in [0, 0.05) is 47.9 Å². The van der Waals surface area contributed by atoms with Crippen molar-refractivity contribution in [2.24, 2.45) is 0 Å². The van der Waals surface area contributed by atoms with Crippen LogP contribution in [0.5, 0.6) is 11.5 Å². The Morgan fingerprint density at radius 3 is 2.75 bits per heavy atom. The number of phenolic OH excluding ortho intramolecular Hbond substituents is 1. The summed E-state index contributed by atoms with van der Waals surface area (Å²) in [6.07, 6.45) is 3.51. The topological polar surface area (TPSA) is 63.5 Å². The normalized spacial score (nSPS) is 16.0. The van der Waals surface area contributed by atoms with Crippen molar-refractivity contribution in [3.8, 4) is 22.6 Å². The van der Waals surface area contributed by atoms with Gasteiger partial charge in [-0.3, -0.25) is 4.79 Å². The number of halogens is 2. The van der Waals surface area contributed by atoms with Gasteiger partial charge in [0.25, 0.3) is 0 Å². The fraction of sp³-hybridized carbons (Fsp3) is 0.286. The van der Waals surface area contributed by atoms with Crippen molar-refractivity contribution in [1.29, 1.82) is 0 Å². The van der Waals surface area contributed by atoms with E-state index in [2.05, 4.69) is 5.32 Å². The number of fused-ring (bicyclic) bond motifs is 2. The van der Waals surface area contributed by atoms with Crippen molar-refractivity contribution in [2.45, 2.75) is 38.6 Å². The largest absolute Gasteiger partial charge is 0.508 e. The highest BCUT2D eigenvalue weighted by molar-refractivity contribution is 5.93. The molecule has 7 heteroatoms. The van der Waals surface area contributed by atoms with E-state index in [0.717, 1.165) is 24.0 Å². The molecule has 3 aromatic rings. The first kappa shape index (κ1) is 17.2. The average molecular weight is 384 g/mol. The van der Waals surface area contributed by atoms with Crippen LogP contribution >= 0.6 is 0 Å². The predicted molar refractivity (Wildman–Crippen MR) is 101 cm³/mol. The first-order chi connectivity index (χ1) is 13.5. The lowest BCUT2D eigenvalue weighted by molar-refractivity contribution is -0.0486. The molecular weight excluding hydrogens is 366 g/mol. The van der Waals surface area contributed by atoms with Gasteiger partial charge in [0.15, 0.2) is 11.2 Å². The smallest absolute Gasteiger partial charge is 0.387 e. The van der Waals surface area contributed by atoms with Crippen molar-refractivity contribution < 1.29 is 18.6 Å². The lowest BCUT2D eigenvalue weighted by Gasteiger charge is -2.18. The number of pyridine rings is 1. The second-order valence-corrected chi connectivity index (χ2v) is 7.27. The van der Waals surface area contributed by atoms with Crippen LogP contribution in [0.1, 0.15) is 30.0 Å². The molecule has 0 amide bonds. The van der Waals surface area contributed by atoms with Gasteiger partial charge in [-0.25, -0.2) is 0 Å². The fourth-order valence-corrected chi connectivity index (χ4v) is 3.99. The number of nitrogens with one attached hydrogen (secondary N) is 1. The minimum absolute atomic E-state index is 0.0255. The Kier molecular flexibility index (Phi) is 3.87. The summed E-state index contributed by atoms with van der Waals surface area (Å²) in [6.45, 7) is -1.86. The Morgan fingerprint density at radius 2 is 2.00 bits per heavy atom. The van der Waals surface area contributed by atoms with Crippen LogP contribution in [0.15, 0.2) is 41.3 Å². The van der Waals surface area contributed by atoms with Gasteiger partial charge < -0.3 is 19.7 Å². The molecule has 0 radical (unpaired) electrons. The monoisotopic (exact) mass is 384 g/mol. The summed E-state index contributed by atoms with van der Waals surface area (Å²) in [7, 11) is 0. The quantitative estimate of drug-likeness (QED) is 0.716. The van der Waals surface area contributed by atoms with Crippen molar-refractivity contribution in [3.63, 3.8) is 0 Å². The zero-order chi connectivity index (χ0) is 19.4. The number of aromatic nitrogens is 1. The molecule has 28 heavy (non-hydrogen) atoms. The number of ether oxygens (including phenoxy) is 1. The van der Waals surface area contributed by atoms with E-state index in [1.54, 1.807) is 24.4 Å². The van der Waals surface area contributed by atoms with Crippen LogP contribution in [0.3, 0.4) is 0 Å². The number of hydrogen-bond donors (Lipinski definition) is 2. The third-order valence-corrected chi connectivity index (χ3v) is 5.44. The molecule has 0 saturated heterocycles. The van der Waals surface area contributed by atoms with E-state index >= 15 is 0 Å². The summed E-state index contributed by atoms with van der Waals surface area (Å²) in [6, 6.07) is 8.33. The number of rotatable bonds is 4. The van der Waals surface area contributed by atoms with Gasteiger partial charge in [0.05, 0.1) is 5.52 Å². The molecule has 1 aliphatic carbocycles. The minimum atomic E-state index is -3.03. The van der Waals surface area contributed by atoms with E-state index in [9.17, 15) is 18.7 Å². The first-order valence-electron chi connectivity index (χ1n) is 9.21. The number of nitrogens with zero attached hydrogens (tertiary/aromatic N) is 1. The lowest BCUT2D eigenvalue weighted by atomic mass is 9.97. The van der Waals surface area contributed by atoms with Gasteiger partial charge in [-0.1, -0.05) is 0 Å². The summed E-state index contributed by atoms with van der Waals surface area (Å²) < 4.78 is 33.5. The average Bonchev–Trinajstić information content (AvgIpc) is 3.38. The van der Waals surface area contributed by atoms with Crippen molar-refractivity contribution >= 4 is 10.9 Å². The van der Waals surface area contributed by atoms with Crippen LogP contribution in [0.25, 0.3) is 22.0 Å². The molecule has 2 heterocycles. The zero-order valence-electron chi connectivity index (χ0n) is 14.9. The maximum absolute atomic E-state index is 13.3. The Labute approximate surface area is 159 Å². The maximum atomic E-state index is 13.3. The van der Waals surface area contributed by atoms with Crippen LogP contribution in [0.4, 0.5) is 8.78 Å². The van der Waals surface area contributed by atoms with Crippen molar-refractivity contribution in [3.05, 3.63) is 57.9 Å². The Balaban J connectivity index is 1.81. The van der Waals surface area contributed by atoms with Gasteiger partial charge in [-0.05, 0) is 48.2 Å². The molecule has 1 aromatic heterocycles. The molecule has 1 saturated carbocycles. The molecule has 1 fully saturated rings. The molecule has 144 valence electrons. The van der Waals surface area contributed by atoms with Crippen LogP contribution in [-0.4, -0.2) is 16.3 Å². The summed E-state index contributed by atoms with van der Waals surface area (Å²) in [4.78, 5) is 12.4. The molecule has 5 rings (SSSR count). The lowest BCUT2D eigenvalue weighted by Crippen LogP contribution is -2.11. The van der Waals surface area contributed by atoms with E-state index in [4.69, 9.17) is 4.74 Å². The molecule has 0 spiro atoms. The first-order valence-corrected chi connectivity index (χ1v) is 9.21. The summed E-state index contributed by atoms with van der Waals surface area (Å²) in [5.41, 5.74) is 2.89. The van der Waals surface area contributed by atoms with Gasteiger partial charge in [0.2, 0.25) is 0 Å². The Morgan fingerprint density at radius 1 is 1.18 bits per heavy atom. The number of alkyl halides is 2. The molecule has 5 nitrogen and oxygen atoms in total. The summed E-state index contributed by atoms with van der Waals surface area (Å²) >= 11 is 0. The number of phenols is 1. The Bertz CT molecular complexity index is 1150. The van der Waals surface area contributed by atoms with Gasteiger partial charge in [-0.2, -0.15) is 8.78 Å². The van der Waals surface area contributed by atoms with E-state index < -0.39 is 6.61 Å². The second kappa shape index (κ2) is 6.31. The second-order valence-electron chi connectivity index (χ2n) is 7.27. The molecule has 2 aromatic carbocycles. The van der Waals surface area contributed by atoms with E-state index in [1.807, 2.05) is 10.6 Å². The number of hydrogen-bond acceptors (Lipinski definition) is 4. The van der Waals surface area contributed by atoms with Crippen LogP contribution < -0.4 is 15.5 Å². The molecule has 1 aliphatic heterocycles. The number of benzene rings is 2. The third-order valence-electron chi connectivity index (χ3n) is 5.44. The van der Waals surface area contributed by atoms with Gasteiger partial charge in [-0.15, -0.1) is 0 Å². The predicted octanol–water partition coefficient (Wildman–Crippen LogP) is 3.91. The summed E-state index contributed by atoms with van der Waals surface area (Å²) in [5.74, 6) is 0.0932. The molecule has 0 bridgehead atoms. The third kappa shape index (κ3) is 2.74. The molecule has 0 atom stereocenters. The van der Waals surface area contributed by atoms with E-state index in [1.165, 1.54) is 6.07 Å². The minimum Gasteiger partial charge on any atom is -0.508 e. The maximum Gasteiger partial charge on any atom is 0.387 e. The fourth-order valence-electron chi connectivity index (χ4n) is 3.99. The van der Waals surface area contributed by atoms with Gasteiger partial charge in [0.1, 0.15) is 5.75 Å². The SMILES string of the molecule is O=c1ccn(C2CC2)c2c(OC(F)F)c(-c3cc(O)c4c(c3)CNC4)ccc12. The van der Waals surface area contributed by atoms with Crippen molar-refractivity contribution in [2.75, 3.05) is 0 Å². The zero-order valence-corrected chi connectivity index (χ0v) is 14.9. The highest BCUT2D eigenvalue weighted by atomic mass is 19.3. The van der Waals surface area contributed by atoms with Gasteiger partial charge >= 0.3 is 6.61 Å². The number of aromatic hydroxyl groups is 1. The van der Waals surface area contributed by atoms with Crippen LogP contribution in [-0.2, 0) is 13.1 Å². The summed E-state index contributed by atoms with van der Waals surface area (Å²) in [5, 5.41) is 13.9. The van der Waals surface area contributed by atoms with E-state index in [0.29, 0.717) is 35.1 Å². The molecule has 2 N–H and O–H groups in total. The molecule has 0 unspecified atom stereocenters. The van der Waals surface area contributed by atoms with E-state index in [-0.39, 0.29) is 23.0 Å². The Hall–Kier alpha value is -2.93. The standard InChI is InChI=1S/C21H18F2N2O3/c22-21(23)28-20-14(11-7-12-9-24-10-16(12)18(27)8-11)3-4-15-17(26)5-6-25(19(15)20)13-1-2-13/h3-8,13,21,24,27H,1-2,9-10H2. The van der Waals surface area contributed by atoms with Crippen LogP contribution in [0.2, 0.25) is 0 Å². The van der Waals surface area contributed by atoms with Crippen LogP contribution in [0, 0.1) is 0 Å². The molecular formula is C21H18F2N2O3. The van der Waals surface area contributed by atoms with Crippen molar-refractivity contribution in [1.82, 2.24) is 9.88 Å².